The normalized spacial score (nSPS) is 17.2. The molecule has 1 aromatic carbocycles. The fourth-order valence-electron chi connectivity index (χ4n) is 4.39. The number of nitrogens with one attached hydrogen (secondary N) is 1. The maximum Gasteiger partial charge on any atom is 0.253 e. The maximum atomic E-state index is 13.3. The lowest BCUT2D eigenvalue weighted by Gasteiger charge is -2.35. The number of rotatable bonds is 5. The summed E-state index contributed by atoms with van der Waals surface area (Å²) in [5, 5.41) is 22.6. The lowest BCUT2D eigenvalue weighted by molar-refractivity contribution is -0.148. The van der Waals surface area contributed by atoms with E-state index in [1.54, 1.807) is 28.1 Å². The van der Waals surface area contributed by atoms with Crippen molar-refractivity contribution in [3.05, 3.63) is 53.9 Å². The van der Waals surface area contributed by atoms with Gasteiger partial charge in [-0.1, -0.05) is 12.1 Å². The van der Waals surface area contributed by atoms with Crippen LogP contribution in [0.4, 0.5) is 11.4 Å². The predicted octanol–water partition coefficient (Wildman–Crippen LogP) is 2.31. The molecule has 2 N–H and O–H groups in total. The van der Waals surface area contributed by atoms with Gasteiger partial charge in [-0.25, -0.2) is 4.98 Å². The molecule has 8 nitrogen and oxygen atoms in total. The number of hydrogen-bond acceptors (Lipinski definition) is 6. The van der Waals surface area contributed by atoms with E-state index in [-0.39, 0.29) is 23.4 Å². The summed E-state index contributed by atoms with van der Waals surface area (Å²) in [6, 6.07) is 13.5. The van der Waals surface area contributed by atoms with Crippen LogP contribution in [0.1, 0.15) is 43.9 Å². The highest BCUT2D eigenvalue weighted by atomic mass is 16.3. The lowest BCUT2D eigenvalue weighted by Crippen LogP contribution is -2.51. The van der Waals surface area contributed by atoms with Crippen molar-refractivity contribution >= 4 is 23.2 Å². The molecule has 4 rings (SSSR count). The van der Waals surface area contributed by atoms with Gasteiger partial charge in [-0.2, -0.15) is 5.26 Å². The molecule has 0 aliphatic carbocycles. The second-order valence-corrected chi connectivity index (χ2v) is 9.23. The molecular formula is C25H29N5O3. The fraction of sp³-hybridized carbons (Fsp3) is 0.440. The zero-order valence-electron chi connectivity index (χ0n) is 19.0. The first-order valence-corrected chi connectivity index (χ1v) is 11.3. The zero-order chi connectivity index (χ0) is 23.6. The van der Waals surface area contributed by atoms with Crippen molar-refractivity contribution in [3.63, 3.8) is 0 Å². The minimum absolute atomic E-state index is 0.0514. The first-order chi connectivity index (χ1) is 15.8. The lowest BCUT2D eigenvalue weighted by atomic mass is 9.88. The molecule has 2 aromatic rings. The highest BCUT2D eigenvalue weighted by Gasteiger charge is 2.34. The molecule has 2 saturated heterocycles. The summed E-state index contributed by atoms with van der Waals surface area (Å²) in [4.78, 5) is 33.0. The number of aromatic nitrogens is 1. The Balaban J connectivity index is 1.53. The van der Waals surface area contributed by atoms with Gasteiger partial charge in [0.25, 0.3) is 5.91 Å². The minimum atomic E-state index is -1.35. The highest BCUT2D eigenvalue weighted by molar-refractivity contribution is 6.03. The van der Waals surface area contributed by atoms with Crippen molar-refractivity contribution in [3.8, 4) is 6.07 Å². The number of carbonyl (C=O) groups excluding carboxylic acids is 2. The van der Waals surface area contributed by atoms with Crippen molar-refractivity contribution in [2.45, 2.75) is 38.2 Å². The topological polar surface area (TPSA) is 110 Å². The van der Waals surface area contributed by atoms with Gasteiger partial charge < -0.3 is 15.3 Å². The minimum Gasteiger partial charge on any atom is -0.381 e. The monoisotopic (exact) mass is 447 g/mol. The average Bonchev–Trinajstić information content (AvgIpc) is 2.78. The SMILES string of the molecule is CC(C)(O)C(=O)N1CCC(c2ccc(N(C(=O)C3CNC3)c3cccnc3C#N)cc2)CC1. The van der Waals surface area contributed by atoms with Crippen LogP contribution in [0.5, 0.6) is 0 Å². The Bertz CT molecular complexity index is 1060. The van der Waals surface area contributed by atoms with Crippen LogP contribution >= 0.6 is 0 Å². The molecule has 2 amide bonds. The molecule has 172 valence electrons. The van der Waals surface area contributed by atoms with E-state index >= 15 is 0 Å². The van der Waals surface area contributed by atoms with Crippen molar-refractivity contribution in [2.24, 2.45) is 5.92 Å². The van der Waals surface area contributed by atoms with E-state index in [9.17, 15) is 20.0 Å². The van der Waals surface area contributed by atoms with Crippen molar-refractivity contribution in [1.82, 2.24) is 15.2 Å². The molecular weight excluding hydrogens is 418 g/mol. The molecule has 0 radical (unpaired) electrons. The molecule has 0 atom stereocenters. The van der Waals surface area contributed by atoms with Crippen LogP contribution in [0.25, 0.3) is 0 Å². The molecule has 33 heavy (non-hydrogen) atoms. The van der Waals surface area contributed by atoms with E-state index in [0.29, 0.717) is 43.5 Å². The quantitative estimate of drug-likeness (QED) is 0.728. The summed E-state index contributed by atoms with van der Waals surface area (Å²) < 4.78 is 0. The molecule has 8 heteroatoms. The van der Waals surface area contributed by atoms with Gasteiger partial charge in [-0.3, -0.25) is 14.5 Å². The van der Waals surface area contributed by atoms with Gasteiger partial charge in [-0.05, 0) is 62.4 Å². The molecule has 0 bridgehead atoms. The third kappa shape index (κ3) is 4.75. The molecule has 0 spiro atoms. The van der Waals surface area contributed by atoms with Crippen molar-refractivity contribution in [2.75, 3.05) is 31.1 Å². The third-order valence-corrected chi connectivity index (χ3v) is 6.41. The summed E-state index contributed by atoms with van der Waals surface area (Å²) in [5.41, 5.74) is 1.21. The zero-order valence-corrected chi connectivity index (χ0v) is 19.0. The van der Waals surface area contributed by atoms with Gasteiger partial charge in [-0.15, -0.1) is 0 Å². The van der Waals surface area contributed by atoms with Gasteiger partial charge in [0.15, 0.2) is 5.69 Å². The molecule has 3 heterocycles. The first-order valence-electron chi connectivity index (χ1n) is 11.3. The number of piperidine rings is 1. The number of carbonyl (C=O) groups is 2. The number of anilines is 2. The summed E-state index contributed by atoms with van der Waals surface area (Å²) in [5.74, 6) is -0.114. The van der Waals surface area contributed by atoms with Crippen LogP contribution in [0.2, 0.25) is 0 Å². The summed E-state index contributed by atoms with van der Waals surface area (Å²) >= 11 is 0. The van der Waals surface area contributed by atoms with Crippen LogP contribution in [0, 0.1) is 17.2 Å². The number of aliphatic hydroxyl groups is 1. The van der Waals surface area contributed by atoms with E-state index in [0.717, 1.165) is 18.4 Å². The van der Waals surface area contributed by atoms with E-state index in [4.69, 9.17) is 0 Å². The smallest absolute Gasteiger partial charge is 0.253 e. The fourth-order valence-corrected chi connectivity index (χ4v) is 4.39. The Morgan fingerprint density at radius 1 is 1.18 bits per heavy atom. The van der Waals surface area contributed by atoms with Crippen molar-refractivity contribution < 1.29 is 14.7 Å². The number of nitriles is 1. The Labute approximate surface area is 193 Å². The van der Waals surface area contributed by atoms with Gasteiger partial charge in [0.05, 0.1) is 11.6 Å². The third-order valence-electron chi connectivity index (χ3n) is 6.41. The van der Waals surface area contributed by atoms with Crippen LogP contribution in [0.3, 0.4) is 0 Å². The maximum absolute atomic E-state index is 13.3. The molecule has 0 saturated carbocycles. The summed E-state index contributed by atoms with van der Waals surface area (Å²) in [7, 11) is 0. The van der Waals surface area contributed by atoms with E-state index in [1.807, 2.05) is 24.3 Å². The molecule has 2 aliphatic rings. The standard InChI is InChI=1S/C25H29N5O3/c1-25(2,33)24(32)29-12-9-18(10-13-29)17-5-7-20(8-6-17)30(23(31)19-15-27-16-19)22-4-3-11-28-21(22)14-26/h3-8,11,18-19,27,33H,9-10,12-13,15-16H2,1-2H3. The number of benzene rings is 1. The molecule has 2 aliphatic heterocycles. The first kappa shape index (κ1) is 22.9. The molecule has 1 aromatic heterocycles. The van der Waals surface area contributed by atoms with E-state index in [1.165, 1.54) is 13.8 Å². The van der Waals surface area contributed by atoms with Crippen LogP contribution in [-0.4, -0.2) is 58.6 Å². The second-order valence-electron chi connectivity index (χ2n) is 9.23. The molecule has 2 fully saturated rings. The van der Waals surface area contributed by atoms with Gasteiger partial charge in [0.1, 0.15) is 11.7 Å². The van der Waals surface area contributed by atoms with Gasteiger partial charge >= 0.3 is 0 Å². The Kier molecular flexibility index (Phi) is 6.45. The number of pyridine rings is 1. The summed E-state index contributed by atoms with van der Waals surface area (Å²) in [6.45, 7) is 5.50. The number of amides is 2. The number of nitrogens with zero attached hydrogens (tertiary/aromatic N) is 4. The van der Waals surface area contributed by atoms with Crippen molar-refractivity contribution in [1.29, 1.82) is 5.26 Å². The summed E-state index contributed by atoms with van der Waals surface area (Å²) in [6.07, 6.45) is 3.19. The Morgan fingerprint density at radius 3 is 2.39 bits per heavy atom. The Hall–Kier alpha value is -3.28. The molecule has 0 unspecified atom stereocenters. The largest absolute Gasteiger partial charge is 0.381 e. The second kappa shape index (κ2) is 9.30. The van der Waals surface area contributed by atoms with Gasteiger partial charge in [0, 0.05) is 38.1 Å². The highest BCUT2D eigenvalue weighted by Crippen LogP contribution is 2.34. The van der Waals surface area contributed by atoms with Crippen LogP contribution in [0.15, 0.2) is 42.6 Å². The van der Waals surface area contributed by atoms with Crippen LogP contribution in [-0.2, 0) is 9.59 Å². The predicted molar refractivity (Wildman–Crippen MR) is 124 cm³/mol. The Morgan fingerprint density at radius 2 is 1.85 bits per heavy atom. The van der Waals surface area contributed by atoms with Gasteiger partial charge in [0.2, 0.25) is 5.91 Å². The van der Waals surface area contributed by atoms with E-state index < -0.39 is 5.60 Å². The number of hydrogen-bond donors (Lipinski definition) is 2. The van der Waals surface area contributed by atoms with E-state index in [2.05, 4.69) is 16.4 Å². The van der Waals surface area contributed by atoms with Crippen LogP contribution < -0.4 is 10.2 Å². The number of likely N-dealkylation sites (tertiary alicyclic amines) is 1. The average molecular weight is 448 g/mol.